The monoisotopic (exact) mass is 562 g/mol. The van der Waals surface area contributed by atoms with E-state index in [1.807, 2.05) is 57.2 Å². The van der Waals surface area contributed by atoms with E-state index in [2.05, 4.69) is 16.4 Å². The Morgan fingerprint density at radius 2 is 2.05 bits per heavy atom. The lowest BCUT2D eigenvalue weighted by Crippen LogP contribution is -2.51. The molecule has 3 atom stereocenters. The number of hydrogen-bond acceptors (Lipinski definition) is 5. The van der Waals surface area contributed by atoms with Gasteiger partial charge in [0.25, 0.3) is 0 Å². The van der Waals surface area contributed by atoms with Crippen LogP contribution in [0.5, 0.6) is 5.75 Å². The van der Waals surface area contributed by atoms with E-state index < -0.39 is 12.1 Å². The number of carbonyl (C=O) groups is 2. The van der Waals surface area contributed by atoms with Crippen LogP contribution in [0.15, 0.2) is 42.5 Å². The summed E-state index contributed by atoms with van der Waals surface area (Å²) in [6.45, 7) is 6.90. The van der Waals surface area contributed by atoms with E-state index in [4.69, 9.17) is 26.1 Å². The van der Waals surface area contributed by atoms with Crippen LogP contribution in [0.3, 0.4) is 0 Å². The molecule has 1 aromatic heterocycles. The summed E-state index contributed by atoms with van der Waals surface area (Å²) in [5.41, 5.74) is 4.81. The van der Waals surface area contributed by atoms with Gasteiger partial charge in [-0.1, -0.05) is 37.6 Å². The van der Waals surface area contributed by atoms with Gasteiger partial charge < -0.3 is 29.8 Å². The van der Waals surface area contributed by atoms with Crippen molar-refractivity contribution in [1.82, 2.24) is 20.2 Å². The second kappa shape index (κ2) is 10.3. The molecule has 0 spiro atoms. The predicted molar refractivity (Wildman–Crippen MR) is 153 cm³/mol. The molecule has 1 saturated heterocycles. The first-order valence-corrected chi connectivity index (χ1v) is 13.9. The molecule has 6 rings (SSSR count). The molecule has 40 heavy (non-hydrogen) atoms. The summed E-state index contributed by atoms with van der Waals surface area (Å²) in [5, 5.41) is 14.4. The van der Waals surface area contributed by atoms with Gasteiger partial charge in [-0.05, 0) is 59.7 Å². The SMILES string of the molecule is CCO[C@H]1C[C@@H](c2nc3ccc4cc5c(cc4c3[nH]2)OCc2cc(Cl)ccc2-5)N(C(=O)[C@@H](NC(=O)O)C(C)C)C1. The van der Waals surface area contributed by atoms with Gasteiger partial charge in [0.15, 0.2) is 0 Å². The Hall–Kier alpha value is -3.82. The Balaban J connectivity index is 1.40. The second-order valence-electron chi connectivity index (χ2n) is 10.7. The van der Waals surface area contributed by atoms with Gasteiger partial charge in [0.05, 0.1) is 23.2 Å². The molecule has 0 radical (unpaired) electrons. The van der Waals surface area contributed by atoms with Crippen LogP contribution >= 0.6 is 11.6 Å². The van der Waals surface area contributed by atoms with E-state index in [0.29, 0.717) is 37.0 Å². The standard InChI is InChI=1S/C30H31ClN4O5/c1-4-39-19-11-24(35(13-19)29(36)26(15(2)3)34-30(37)38)28-32-23-8-5-16-10-22-20-7-6-18(31)9-17(20)14-40-25(22)12-21(16)27(23)33-28/h5-10,12,15,19,24,26,34H,4,11,13-14H2,1-3H3,(H,32,33)(H,37,38)/t19-,24-,26-/m0/s1. The summed E-state index contributed by atoms with van der Waals surface area (Å²) in [7, 11) is 0. The zero-order chi connectivity index (χ0) is 28.1. The lowest BCUT2D eigenvalue weighted by atomic mass is 9.94. The molecule has 2 amide bonds. The lowest BCUT2D eigenvalue weighted by Gasteiger charge is -2.29. The number of nitrogens with zero attached hydrogens (tertiary/aromatic N) is 2. The highest BCUT2D eigenvalue weighted by atomic mass is 35.5. The normalized spacial score (nSPS) is 19.0. The third-order valence-corrected chi connectivity index (χ3v) is 8.04. The van der Waals surface area contributed by atoms with Gasteiger partial charge in [-0.15, -0.1) is 0 Å². The lowest BCUT2D eigenvalue weighted by molar-refractivity contribution is -0.136. The molecular weight excluding hydrogens is 532 g/mol. The van der Waals surface area contributed by atoms with Gasteiger partial charge in [-0.25, -0.2) is 9.78 Å². The molecule has 4 aromatic rings. The van der Waals surface area contributed by atoms with Crippen LogP contribution in [0.1, 0.15) is 44.6 Å². The Bertz CT molecular complexity index is 1630. The molecule has 2 aliphatic heterocycles. The van der Waals surface area contributed by atoms with Crippen molar-refractivity contribution in [1.29, 1.82) is 0 Å². The Morgan fingerprint density at radius 3 is 2.80 bits per heavy atom. The van der Waals surface area contributed by atoms with Gasteiger partial charge in [0.1, 0.15) is 24.2 Å². The predicted octanol–water partition coefficient (Wildman–Crippen LogP) is 5.90. The van der Waals surface area contributed by atoms with Gasteiger partial charge in [0, 0.05) is 35.5 Å². The van der Waals surface area contributed by atoms with Crippen molar-refractivity contribution >= 4 is 45.4 Å². The molecule has 1 fully saturated rings. The van der Waals surface area contributed by atoms with Crippen LogP contribution in [-0.4, -0.2) is 57.3 Å². The number of hydrogen-bond donors (Lipinski definition) is 3. The number of imidazole rings is 1. The van der Waals surface area contributed by atoms with Crippen LogP contribution in [-0.2, 0) is 16.1 Å². The molecule has 3 heterocycles. The zero-order valence-corrected chi connectivity index (χ0v) is 23.3. The van der Waals surface area contributed by atoms with Crippen LogP contribution < -0.4 is 10.1 Å². The molecule has 0 bridgehead atoms. The summed E-state index contributed by atoms with van der Waals surface area (Å²) in [6, 6.07) is 12.8. The van der Waals surface area contributed by atoms with Crippen molar-refractivity contribution in [2.24, 2.45) is 5.92 Å². The third-order valence-electron chi connectivity index (χ3n) is 7.81. The molecule has 10 heteroatoms. The minimum atomic E-state index is -1.23. The average molecular weight is 563 g/mol. The number of aromatic amines is 1. The van der Waals surface area contributed by atoms with Crippen LogP contribution in [0.25, 0.3) is 32.9 Å². The van der Waals surface area contributed by atoms with Crippen molar-refractivity contribution in [3.8, 4) is 16.9 Å². The summed E-state index contributed by atoms with van der Waals surface area (Å²) < 4.78 is 12.0. The maximum atomic E-state index is 13.6. The fourth-order valence-electron chi connectivity index (χ4n) is 5.92. The summed E-state index contributed by atoms with van der Waals surface area (Å²) in [4.78, 5) is 35.2. The minimum Gasteiger partial charge on any atom is -0.488 e. The maximum Gasteiger partial charge on any atom is 0.405 e. The molecule has 0 saturated carbocycles. The van der Waals surface area contributed by atoms with Crippen LogP contribution in [0.4, 0.5) is 4.79 Å². The molecule has 0 aliphatic carbocycles. The average Bonchev–Trinajstić information content (AvgIpc) is 3.54. The molecular formula is C30H31ClN4O5. The molecule has 3 aromatic carbocycles. The van der Waals surface area contributed by atoms with Crippen molar-refractivity contribution in [2.45, 2.75) is 52.0 Å². The van der Waals surface area contributed by atoms with Gasteiger partial charge >= 0.3 is 6.09 Å². The number of nitrogens with one attached hydrogen (secondary N) is 2. The topological polar surface area (TPSA) is 117 Å². The van der Waals surface area contributed by atoms with Gasteiger partial charge in [-0.2, -0.15) is 0 Å². The van der Waals surface area contributed by atoms with Crippen LogP contribution in [0, 0.1) is 5.92 Å². The number of rotatable bonds is 6. The van der Waals surface area contributed by atoms with Crippen LogP contribution in [0.2, 0.25) is 5.02 Å². The number of benzene rings is 3. The summed E-state index contributed by atoms with van der Waals surface area (Å²) in [6.07, 6.45) is -0.834. The third kappa shape index (κ3) is 4.63. The number of aromatic nitrogens is 2. The Labute approximate surface area is 236 Å². The Kier molecular flexibility index (Phi) is 6.80. The zero-order valence-electron chi connectivity index (χ0n) is 22.5. The molecule has 9 nitrogen and oxygen atoms in total. The van der Waals surface area contributed by atoms with E-state index >= 15 is 0 Å². The van der Waals surface area contributed by atoms with Crippen molar-refractivity contribution in [3.05, 3.63) is 58.9 Å². The summed E-state index contributed by atoms with van der Waals surface area (Å²) >= 11 is 6.20. The number of halogens is 1. The molecule has 3 N–H and O–H groups in total. The number of H-pyrrole nitrogens is 1. The van der Waals surface area contributed by atoms with Crippen molar-refractivity contribution < 1.29 is 24.2 Å². The number of carboxylic acid groups (broad SMARTS) is 1. The minimum absolute atomic E-state index is 0.171. The highest BCUT2D eigenvalue weighted by Crippen LogP contribution is 2.42. The number of fused-ring (bicyclic) bond motifs is 6. The quantitative estimate of drug-likeness (QED) is 0.269. The number of carbonyl (C=O) groups excluding carboxylic acids is 1. The molecule has 208 valence electrons. The maximum absolute atomic E-state index is 13.6. The first kappa shape index (κ1) is 26.4. The van der Waals surface area contributed by atoms with Crippen molar-refractivity contribution in [3.63, 3.8) is 0 Å². The number of likely N-dealkylation sites (tertiary alicyclic amines) is 1. The smallest absolute Gasteiger partial charge is 0.405 e. The van der Waals surface area contributed by atoms with Crippen molar-refractivity contribution in [2.75, 3.05) is 13.2 Å². The van der Waals surface area contributed by atoms with E-state index in [-0.39, 0.29) is 24.0 Å². The Morgan fingerprint density at radius 1 is 1.23 bits per heavy atom. The van der Waals surface area contributed by atoms with Gasteiger partial charge in [0.2, 0.25) is 5.91 Å². The largest absolute Gasteiger partial charge is 0.488 e. The van der Waals surface area contributed by atoms with E-state index in [0.717, 1.165) is 44.2 Å². The van der Waals surface area contributed by atoms with E-state index in [9.17, 15) is 14.7 Å². The first-order chi connectivity index (χ1) is 19.2. The highest BCUT2D eigenvalue weighted by Gasteiger charge is 2.42. The van der Waals surface area contributed by atoms with Gasteiger partial charge in [-0.3, -0.25) is 4.79 Å². The first-order valence-electron chi connectivity index (χ1n) is 13.5. The molecule has 0 unspecified atom stereocenters. The number of ether oxygens (including phenoxy) is 2. The molecule has 2 aliphatic rings. The van der Waals surface area contributed by atoms with E-state index in [1.165, 1.54) is 0 Å². The highest BCUT2D eigenvalue weighted by molar-refractivity contribution is 6.30. The summed E-state index contributed by atoms with van der Waals surface area (Å²) in [5.74, 6) is 0.938. The number of amides is 2. The fourth-order valence-corrected chi connectivity index (χ4v) is 6.12. The van der Waals surface area contributed by atoms with E-state index in [1.54, 1.807) is 4.90 Å². The fraction of sp³-hybridized carbons (Fsp3) is 0.367. The second-order valence-corrected chi connectivity index (χ2v) is 11.2.